The Labute approximate surface area is 183 Å². The van der Waals surface area contributed by atoms with Crippen LogP contribution in [0.2, 0.25) is 0 Å². The van der Waals surface area contributed by atoms with E-state index in [1.807, 2.05) is 0 Å². The number of rotatable bonds is 9. The van der Waals surface area contributed by atoms with E-state index in [0.717, 1.165) is 12.3 Å². The van der Waals surface area contributed by atoms with Crippen molar-refractivity contribution >= 4 is 16.3 Å². The molecule has 1 saturated carbocycles. The summed E-state index contributed by atoms with van der Waals surface area (Å²) in [7, 11) is -3.34. The second-order valence-electron chi connectivity index (χ2n) is 8.24. The first-order chi connectivity index (χ1) is 15.0. The molecule has 1 saturated heterocycles. The molecule has 180 valence electrons. The number of carbonyl (C=O) groups excluding carboxylic acids is 1. The van der Waals surface area contributed by atoms with Crippen LogP contribution >= 0.6 is 0 Å². The Bertz CT molecular complexity index is 923. The minimum atomic E-state index is -4.22. The first-order valence-corrected chi connectivity index (χ1v) is 12.2. The Hall–Kier alpha value is -1.76. The van der Waals surface area contributed by atoms with Gasteiger partial charge in [0.15, 0.2) is 11.6 Å². The van der Waals surface area contributed by atoms with Crippen molar-refractivity contribution in [2.45, 2.75) is 62.3 Å². The van der Waals surface area contributed by atoms with Crippen LogP contribution in [0.3, 0.4) is 0 Å². The zero-order chi connectivity index (χ0) is 23.5. The molecule has 0 amide bonds. The molecule has 0 aromatic heterocycles. The van der Waals surface area contributed by atoms with Crippen molar-refractivity contribution < 1.29 is 40.2 Å². The molecule has 2 aliphatic rings. The van der Waals surface area contributed by atoms with E-state index in [4.69, 9.17) is 4.74 Å². The number of benzene rings is 1. The maximum Gasteiger partial charge on any atom is 0.458 e. The predicted octanol–water partition coefficient (Wildman–Crippen LogP) is 2.46. The third kappa shape index (κ3) is 6.63. The van der Waals surface area contributed by atoms with Crippen LogP contribution in [0.1, 0.15) is 43.6 Å². The number of alkyl halides is 2. The lowest BCUT2D eigenvalue weighted by Crippen LogP contribution is -2.46. The third-order valence-electron chi connectivity index (χ3n) is 5.75. The van der Waals surface area contributed by atoms with Crippen molar-refractivity contribution in [1.82, 2.24) is 10.0 Å². The van der Waals surface area contributed by atoms with Crippen LogP contribution in [0.15, 0.2) is 12.1 Å². The molecule has 0 unspecified atom stereocenters. The molecule has 12 heteroatoms. The van der Waals surface area contributed by atoms with Crippen molar-refractivity contribution in [3.63, 3.8) is 0 Å². The molecule has 2 fully saturated rings. The van der Waals surface area contributed by atoms with Crippen molar-refractivity contribution in [2.75, 3.05) is 19.4 Å². The second-order valence-corrected chi connectivity index (χ2v) is 10.0. The van der Waals surface area contributed by atoms with Gasteiger partial charge in [0, 0.05) is 23.7 Å². The quantitative estimate of drug-likeness (QED) is 0.415. The first-order valence-electron chi connectivity index (χ1n) is 10.3. The number of hydrogen-bond acceptors (Lipinski definition) is 6. The standard InChI is InChI=1S/C20H26F4N2O5S/c1-32(28,29)26-17-6-7-25-18(17)10-30-14-4-2-12(3-5-14)15-8-13(21)9-16(22)19(15)31-20(23,24)11-27/h8-9,11-12,14,17-18,25-26H,2-7,10H2,1H3/t12?,14?,17-,18-/m0/s1. The Balaban J connectivity index is 1.59. The van der Waals surface area contributed by atoms with Gasteiger partial charge in [-0.25, -0.2) is 21.9 Å². The number of halogens is 4. The molecule has 0 radical (unpaired) electrons. The molecule has 1 aromatic rings. The van der Waals surface area contributed by atoms with Crippen LogP contribution in [-0.2, 0) is 19.6 Å². The minimum absolute atomic E-state index is 0.0441. The molecule has 1 aromatic carbocycles. The highest BCUT2D eigenvalue weighted by molar-refractivity contribution is 7.88. The van der Waals surface area contributed by atoms with E-state index in [1.165, 1.54) is 0 Å². The molecule has 32 heavy (non-hydrogen) atoms. The summed E-state index contributed by atoms with van der Waals surface area (Å²) in [4.78, 5) is 10.5. The molecule has 0 spiro atoms. The van der Waals surface area contributed by atoms with Crippen LogP contribution in [0.5, 0.6) is 5.75 Å². The highest BCUT2D eigenvalue weighted by Gasteiger charge is 2.36. The summed E-state index contributed by atoms with van der Waals surface area (Å²) in [5.74, 6) is -3.48. The average Bonchev–Trinajstić information content (AvgIpc) is 3.14. The van der Waals surface area contributed by atoms with E-state index < -0.39 is 45.7 Å². The molecule has 1 heterocycles. The van der Waals surface area contributed by atoms with Crippen LogP contribution in [0.25, 0.3) is 0 Å². The largest absolute Gasteiger partial charge is 0.458 e. The van der Waals surface area contributed by atoms with E-state index in [0.29, 0.717) is 44.7 Å². The predicted molar refractivity (Wildman–Crippen MR) is 107 cm³/mol. The van der Waals surface area contributed by atoms with Gasteiger partial charge in [-0.05, 0) is 50.6 Å². The van der Waals surface area contributed by atoms with Crippen molar-refractivity contribution in [2.24, 2.45) is 0 Å². The summed E-state index contributed by atoms with van der Waals surface area (Å²) in [6, 6.07) is 0.945. The number of nitrogens with one attached hydrogen (secondary N) is 2. The Kier molecular flexibility index (Phi) is 7.79. The van der Waals surface area contributed by atoms with Gasteiger partial charge in [0.05, 0.1) is 19.0 Å². The maximum absolute atomic E-state index is 14.2. The zero-order valence-electron chi connectivity index (χ0n) is 17.5. The van der Waals surface area contributed by atoms with Crippen LogP contribution in [0.4, 0.5) is 17.6 Å². The average molecular weight is 482 g/mol. The third-order valence-corrected chi connectivity index (χ3v) is 6.48. The van der Waals surface area contributed by atoms with Gasteiger partial charge in [-0.3, -0.25) is 4.79 Å². The zero-order valence-corrected chi connectivity index (χ0v) is 18.3. The van der Waals surface area contributed by atoms with Gasteiger partial charge in [0.2, 0.25) is 16.3 Å². The lowest BCUT2D eigenvalue weighted by molar-refractivity contribution is -0.177. The lowest BCUT2D eigenvalue weighted by Gasteiger charge is -2.31. The van der Waals surface area contributed by atoms with Gasteiger partial charge in [-0.2, -0.15) is 8.78 Å². The van der Waals surface area contributed by atoms with E-state index >= 15 is 0 Å². The molecule has 1 aliphatic heterocycles. The van der Waals surface area contributed by atoms with Crippen molar-refractivity contribution in [3.8, 4) is 5.75 Å². The fourth-order valence-corrected chi connectivity index (χ4v) is 5.12. The van der Waals surface area contributed by atoms with E-state index in [-0.39, 0.29) is 30.4 Å². The Morgan fingerprint density at radius 1 is 1.19 bits per heavy atom. The smallest absolute Gasteiger partial charge is 0.423 e. The molecular formula is C20H26F4N2O5S. The van der Waals surface area contributed by atoms with Gasteiger partial charge < -0.3 is 14.8 Å². The van der Waals surface area contributed by atoms with Crippen molar-refractivity contribution in [3.05, 3.63) is 29.3 Å². The maximum atomic E-state index is 14.2. The molecule has 1 aliphatic carbocycles. The molecule has 0 bridgehead atoms. The molecular weight excluding hydrogens is 456 g/mol. The summed E-state index contributed by atoms with van der Waals surface area (Å²) >= 11 is 0. The summed E-state index contributed by atoms with van der Waals surface area (Å²) in [5.41, 5.74) is -0.0441. The SMILES string of the molecule is CS(=O)(=O)N[C@H]1CCN[C@H]1COC1CCC(c2cc(F)cc(F)c2OC(F)(F)C=O)CC1. The molecule has 7 nitrogen and oxygen atoms in total. The fraction of sp³-hybridized carbons (Fsp3) is 0.650. The van der Waals surface area contributed by atoms with Crippen LogP contribution in [-0.4, -0.2) is 58.4 Å². The number of ether oxygens (including phenoxy) is 2. The number of hydrogen-bond donors (Lipinski definition) is 2. The number of carbonyl (C=O) groups is 1. The fourth-order valence-electron chi connectivity index (χ4n) is 4.29. The van der Waals surface area contributed by atoms with E-state index in [9.17, 15) is 30.8 Å². The number of sulfonamides is 1. The van der Waals surface area contributed by atoms with Crippen LogP contribution < -0.4 is 14.8 Å². The molecule has 2 N–H and O–H groups in total. The van der Waals surface area contributed by atoms with Gasteiger partial charge >= 0.3 is 6.11 Å². The summed E-state index contributed by atoms with van der Waals surface area (Å²) in [6.07, 6.45) is -1.51. The topological polar surface area (TPSA) is 93.7 Å². The number of aldehydes is 1. The van der Waals surface area contributed by atoms with Crippen molar-refractivity contribution in [1.29, 1.82) is 0 Å². The summed E-state index contributed by atoms with van der Waals surface area (Å²) in [5, 5.41) is 3.20. The lowest BCUT2D eigenvalue weighted by atomic mass is 9.82. The van der Waals surface area contributed by atoms with Gasteiger partial charge in [-0.1, -0.05) is 0 Å². The highest BCUT2D eigenvalue weighted by Crippen LogP contribution is 2.41. The molecule has 3 rings (SSSR count). The Morgan fingerprint density at radius 2 is 1.88 bits per heavy atom. The van der Waals surface area contributed by atoms with E-state index in [2.05, 4.69) is 14.8 Å². The van der Waals surface area contributed by atoms with Gasteiger partial charge in [-0.15, -0.1) is 0 Å². The molecule has 2 atom stereocenters. The van der Waals surface area contributed by atoms with Gasteiger partial charge in [0.25, 0.3) is 0 Å². The van der Waals surface area contributed by atoms with E-state index in [1.54, 1.807) is 0 Å². The summed E-state index contributed by atoms with van der Waals surface area (Å²) in [6.45, 7) is 0.949. The Morgan fingerprint density at radius 3 is 2.50 bits per heavy atom. The highest BCUT2D eigenvalue weighted by atomic mass is 32.2. The first kappa shape index (κ1) is 24.9. The second kappa shape index (κ2) is 10.0. The van der Waals surface area contributed by atoms with Gasteiger partial charge in [0.1, 0.15) is 5.82 Å². The van der Waals surface area contributed by atoms with Crippen LogP contribution in [0, 0.1) is 11.6 Å². The normalized spacial score (nSPS) is 26.8. The minimum Gasteiger partial charge on any atom is -0.423 e. The summed E-state index contributed by atoms with van der Waals surface area (Å²) < 4.78 is 90.5. The monoisotopic (exact) mass is 482 g/mol.